The molecule has 1 amide bonds. The fourth-order valence-corrected chi connectivity index (χ4v) is 1.96. The van der Waals surface area contributed by atoms with Crippen LogP contribution in [0.15, 0.2) is 24.3 Å². The summed E-state index contributed by atoms with van der Waals surface area (Å²) in [5.74, 6) is -0.197. The van der Waals surface area contributed by atoms with Crippen LogP contribution in [-0.4, -0.2) is 37.0 Å². The number of halogens is 1. The van der Waals surface area contributed by atoms with Crippen LogP contribution in [0.2, 0.25) is 0 Å². The van der Waals surface area contributed by atoms with E-state index in [0.29, 0.717) is 18.8 Å². The average Bonchev–Trinajstić information content (AvgIpc) is 2.29. The molecule has 0 radical (unpaired) electrons. The van der Waals surface area contributed by atoms with Crippen LogP contribution >= 0.6 is 0 Å². The Labute approximate surface area is 94.5 Å². The van der Waals surface area contributed by atoms with Crippen molar-refractivity contribution < 1.29 is 9.18 Å². The summed E-state index contributed by atoms with van der Waals surface area (Å²) in [6.07, 6.45) is 0. The van der Waals surface area contributed by atoms with E-state index < -0.39 is 0 Å². The number of benzene rings is 1. The van der Waals surface area contributed by atoms with Gasteiger partial charge in [0, 0.05) is 19.6 Å². The lowest BCUT2D eigenvalue weighted by molar-refractivity contribution is -0.130. The maximum absolute atomic E-state index is 13.5. The van der Waals surface area contributed by atoms with E-state index in [-0.39, 0.29) is 18.3 Å². The normalized spacial score (nSPS) is 16.8. The maximum Gasteiger partial charge on any atom is 0.242 e. The van der Waals surface area contributed by atoms with E-state index >= 15 is 0 Å². The van der Waals surface area contributed by atoms with Crippen molar-refractivity contribution in [3.8, 4) is 0 Å². The number of piperazine rings is 1. The van der Waals surface area contributed by atoms with Crippen molar-refractivity contribution in [2.24, 2.45) is 0 Å². The summed E-state index contributed by atoms with van der Waals surface area (Å²) in [4.78, 5) is 15.3. The van der Waals surface area contributed by atoms with Crippen LogP contribution in [0.4, 0.5) is 10.1 Å². The van der Waals surface area contributed by atoms with Gasteiger partial charge in [0.2, 0.25) is 5.91 Å². The van der Waals surface area contributed by atoms with E-state index in [1.807, 2.05) is 6.92 Å². The molecule has 0 spiro atoms. The molecule has 0 atom stereocenters. The molecule has 1 aromatic carbocycles. The minimum Gasteiger partial charge on any atom is -0.358 e. The van der Waals surface area contributed by atoms with Gasteiger partial charge in [0.15, 0.2) is 0 Å². The first-order valence-corrected chi connectivity index (χ1v) is 5.49. The summed E-state index contributed by atoms with van der Waals surface area (Å²) in [6, 6.07) is 6.58. The molecule has 1 fully saturated rings. The molecule has 0 saturated carbocycles. The quantitative estimate of drug-likeness (QED) is 0.757. The van der Waals surface area contributed by atoms with Gasteiger partial charge in [-0.3, -0.25) is 4.79 Å². The molecular formula is C12H15FN2O. The highest BCUT2D eigenvalue weighted by Gasteiger charge is 2.23. The third-order valence-electron chi connectivity index (χ3n) is 2.89. The molecule has 16 heavy (non-hydrogen) atoms. The summed E-state index contributed by atoms with van der Waals surface area (Å²) in [5, 5.41) is 0. The van der Waals surface area contributed by atoms with Crippen LogP contribution in [0.1, 0.15) is 6.92 Å². The van der Waals surface area contributed by atoms with E-state index in [1.165, 1.54) is 6.07 Å². The SMILES string of the molecule is CCN1CCN(c2ccccc2F)CC1=O. The van der Waals surface area contributed by atoms with Gasteiger partial charge in [-0.25, -0.2) is 4.39 Å². The van der Waals surface area contributed by atoms with E-state index in [4.69, 9.17) is 0 Å². The fraction of sp³-hybridized carbons (Fsp3) is 0.417. The van der Waals surface area contributed by atoms with Gasteiger partial charge in [0.25, 0.3) is 0 Å². The third kappa shape index (κ3) is 2.01. The van der Waals surface area contributed by atoms with Crippen molar-refractivity contribution >= 4 is 11.6 Å². The third-order valence-corrected chi connectivity index (χ3v) is 2.89. The van der Waals surface area contributed by atoms with E-state index in [2.05, 4.69) is 0 Å². The Kier molecular flexibility index (Phi) is 3.08. The lowest BCUT2D eigenvalue weighted by atomic mass is 10.2. The number of carbonyl (C=O) groups is 1. The Morgan fingerprint density at radius 3 is 2.69 bits per heavy atom. The zero-order valence-electron chi connectivity index (χ0n) is 9.32. The second-order valence-electron chi connectivity index (χ2n) is 3.85. The Hall–Kier alpha value is -1.58. The Morgan fingerprint density at radius 1 is 1.31 bits per heavy atom. The molecule has 1 saturated heterocycles. The smallest absolute Gasteiger partial charge is 0.242 e. The molecule has 1 aliphatic rings. The Morgan fingerprint density at radius 2 is 2.06 bits per heavy atom. The minimum absolute atomic E-state index is 0.0667. The van der Waals surface area contributed by atoms with E-state index in [1.54, 1.807) is 28.0 Å². The van der Waals surface area contributed by atoms with Crippen molar-refractivity contribution in [2.75, 3.05) is 31.1 Å². The van der Waals surface area contributed by atoms with Crippen molar-refractivity contribution in [1.29, 1.82) is 0 Å². The fourth-order valence-electron chi connectivity index (χ4n) is 1.96. The van der Waals surface area contributed by atoms with Gasteiger partial charge in [0.05, 0.1) is 12.2 Å². The van der Waals surface area contributed by atoms with E-state index in [0.717, 1.165) is 6.54 Å². The second-order valence-corrected chi connectivity index (χ2v) is 3.85. The molecule has 1 heterocycles. The molecule has 86 valence electrons. The van der Waals surface area contributed by atoms with Crippen LogP contribution in [0.5, 0.6) is 0 Å². The number of rotatable bonds is 2. The number of likely N-dealkylation sites (N-methyl/N-ethyl adjacent to an activating group) is 1. The van der Waals surface area contributed by atoms with E-state index in [9.17, 15) is 9.18 Å². The Bertz CT molecular complexity index is 394. The predicted molar refractivity (Wildman–Crippen MR) is 60.9 cm³/mol. The van der Waals surface area contributed by atoms with Crippen LogP contribution in [-0.2, 0) is 4.79 Å². The zero-order chi connectivity index (χ0) is 11.5. The molecule has 2 rings (SSSR count). The monoisotopic (exact) mass is 222 g/mol. The molecule has 1 aliphatic heterocycles. The molecule has 0 bridgehead atoms. The van der Waals surface area contributed by atoms with Gasteiger partial charge < -0.3 is 9.80 Å². The molecule has 1 aromatic rings. The van der Waals surface area contributed by atoms with Crippen LogP contribution in [0, 0.1) is 5.82 Å². The van der Waals surface area contributed by atoms with Crippen molar-refractivity contribution in [2.45, 2.75) is 6.92 Å². The molecule has 0 unspecified atom stereocenters. The van der Waals surface area contributed by atoms with Crippen LogP contribution in [0.3, 0.4) is 0 Å². The van der Waals surface area contributed by atoms with Gasteiger partial charge >= 0.3 is 0 Å². The molecule has 0 aliphatic carbocycles. The van der Waals surface area contributed by atoms with Gasteiger partial charge in [-0.1, -0.05) is 12.1 Å². The summed E-state index contributed by atoms with van der Waals surface area (Å²) in [6.45, 7) is 4.32. The van der Waals surface area contributed by atoms with Gasteiger partial charge in [-0.2, -0.15) is 0 Å². The molecule has 0 aromatic heterocycles. The van der Waals surface area contributed by atoms with Gasteiger partial charge in [-0.05, 0) is 19.1 Å². The molecular weight excluding hydrogens is 207 g/mol. The first-order valence-electron chi connectivity index (χ1n) is 5.49. The lowest BCUT2D eigenvalue weighted by Crippen LogP contribution is -2.50. The molecule has 3 nitrogen and oxygen atoms in total. The number of carbonyl (C=O) groups excluding carboxylic acids is 1. The highest BCUT2D eigenvalue weighted by molar-refractivity contribution is 5.82. The second kappa shape index (κ2) is 4.51. The Balaban J connectivity index is 2.14. The maximum atomic E-state index is 13.5. The number of anilines is 1. The number of para-hydroxylation sites is 1. The largest absolute Gasteiger partial charge is 0.358 e. The van der Waals surface area contributed by atoms with Crippen LogP contribution < -0.4 is 4.90 Å². The molecule has 4 heteroatoms. The highest BCUT2D eigenvalue weighted by atomic mass is 19.1. The summed E-state index contributed by atoms with van der Waals surface area (Å²) < 4.78 is 13.5. The minimum atomic E-state index is -0.264. The number of hydrogen-bond donors (Lipinski definition) is 0. The summed E-state index contributed by atoms with van der Waals surface area (Å²) in [5.41, 5.74) is 0.520. The summed E-state index contributed by atoms with van der Waals surface area (Å²) >= 11 is 0. The van der Waals surface area contributed by atoms with Gasteiger partial charge in [0.1, 0.15) is 5.82 Å². The zero-order valence-corrected chi connectivity index (χ0v) is 9.32. The number of hydrogen-bond acceptors (Lipinski definition) is 2. The number of amides is 1. The predicted octanol–water partition coefficient (Wildman–Crippen LogP) is 1.49. The summed E-state index contributed by atoms with van der Waals surface area (Å²) in [7, 11) is 0. The van der Waals surface area contributed by atoms with Gasteiger partial charge in [-0.15, -0.1) is 0 Å². The first-order chi connectivity index (χ1) is 7.72. The number of nitrogens with zero attached hydrogens (tertiary/aromatic N) is 2. The molecule has 0 N–H and O–H groups in total. The first kappa shape index (κ1) is 10.9. The average molecular weight is 222 g/mol. The van der Waals surface area contributed by atoms with Crippen LogP contribution in [0.25, 0.3) is 0 Å². The van der Waals surface area contributed by atoms with Crippen molar-refractivity contribution in [3.63, 3.8) is 0 Å². The van der Waals surface area contributed by atoms with Crippen molar-refractivity contribution in [1.82, 2.24) is 4.90 Å². The topological polar surface area (TPSA) is 23.6 Å². The lowest BCUT2D eigenvalue weighted by Gasteiger charge is -2.35. The highest BCUT2D eigenvalue weighted by Crippen LogP contribution is 2.20. The standard InChI is InChI=1S/C12H15FN2O/c1-2-14-7-8-15(9-12(14)16)11-6-4-3-5-10(11)13/h3-6H,2,7-9H2,1H3. The van der Waals surface area contributed by atoms with Crippen molar-refractivity contribution in [3.05, 3.63) is 30.1 Å².